The second-order valence-electron chi connectivity index (χ2n) is 9.22. The molecule has 44 heavy (non-hydrogen) atoms. The molecule has 0 amide bonds. The molecule has 0 aliphatic heterocycles. The number of hydrogen-bond acceptors (Lipinski definition) is 10. The van der Waals surface area contributed by atoms with Crippen LogP contribution in [0.1, 0.15) is 0 Å². The van der Waals surface area contributed by atoms with Gasteiger partial charge in [0.05, 0.1) is 26.4 Å². The van der Waals surface area contributed by atoms with Gasteiger partial charge < -0.3 is 43.0 Å². The van der Waals surface area contributed by atoms with Crippen molar-refractivity contribution in [3.05, 3.63) is 110 Å². The predicted octanol–water partition coefficient (Wildman–Crippen LogP) is 4.62. The third-order valence-corrected chi connectivity index (χ3v) is 5.75. The molecule has 0 fully saturated rings. The summed E-state index contributed by atoms with van der Waals surface area (Å²) in [7, 11) is 0. The Morgan fingerprint density at radius 1 is 0.636 bits per heavy atom. The molecule has 0 aromatic heterocycles. The fourth-order valence-electron chi connectivity index (χ4n) is 3.64. The first-order chi connectivity index (χ1) is 21.6. The zero-order chi connectivity index (χ0) is 31.2. The summed E-state index contributed by atoms with van der Waals surface area (Å²) in [6, 6.07) is 25.8. The lowest BCUT2D eigenvalue weighted by atomic mass is 10.3. The number of rotatable bonds is 23. The van der Waals surface area contributed by atoms with Crippen molar-refractivity contribution in [2.45, 2.75) is 18.5 Å². The monoisotopic (exact) mass is 608 g/mol. The van der Waals surface area contributed by atoms with Crippen molar-refractivity contribution >= 4 is 5.97 Å². The van der Waals surface area contributed by atoms with Gasteiger partial charge in [0.2, 0.25) is 0 Å². The van der Waals surface area contributed by atoms with Crippen molar-refractivity contribution in [1.82, 2.24) is 0 Å². The van der Waals surface area contributed by atoms with Crippen molar-refractivity contribution < 1.29 is 47.8 Å². The first kappa shape index (κ1) is 34.1. The van der Waals surface area contributed by atoms with Crippen LogP contribution in [0.3, 0.4) is 0 Å². The smallest absolute Gasteiger partial charge is 0.330 e. The predicted molar refractivity (Wildman–Crippen MR) is 164 cm³/mol. The van der Waals surface area contributed by atoms with Crippen molar-refractivity contribution in [3.8, 4) is 23.0 Å². The minimum absolute atomic E-state index is 0.135. The lowest BCUT2D eigenvalue weighted by molar-refractivity contribution is -0.148. The zero-order valence-electron chi connectivity index (χ0n) is 24.7. The van der Waals surface area contributed by atoms with E-state index >= 15 is 0 Å². The fraction of sp³-hybridized carbons (Fsp3) is 0.324. The van der Waals surface area contributed by atoms with E-state index < -0.39 is 24.5 Å². The third kappa shape index (κ3) is 14.2. The lowest BCUT2D eigenvalue weighted by Crippen LogP contribution is -2.31. The van der Waals surface area contributed by atoms with Gasteiger partial charge in [-0.25, -0.2) is 4.79 Å². The summed E-state index contributed by atoms with van der Waals surface area (Å²) in [5.41, 5.74) is 0. The van der Waals surface area contributed by atoms with Crippen molar-refractivity contribution in [1.29, 1.82) is 0 Å². The van der Waals surface area contributed by atoms with Gasteiger partial charge in [0.15, 0.2) is 12.4 Å². The van der Waals surface area contributed by atoms with Crippen molar-refractivity contribution in [2.75, 3.05) is 52.9 Å². The second-order valence-corrected chi connectivity index (χ2v) is 9.22. The lowest BCUT2D eigenvalue weighted by Gasteiger charge is -2.20. The molecule has 236 valence electrons. The van der Waals surface area contributed by atoms with Gasteiger partial charge in [-0.15, -0.1) is 0 Å². The van der Waals surface area contributed by atoms with E-state index in [0.717, 1.165) is 6.08 Å². The van der Waals surface area contributed by atoms with Gasteiger partial charge in [0.1, 0.15) is 55.5 Å². The Bertz CT molecular complexity index is 1220. The molecule has 10 nitrogen and oxygen atoms in total. The van der Waals surface area contributed by atoms with E-state index in [9.17, 15) is 9.90 Å². The van der Waals surface area contributed by atoms with Gasteiger partial charge in [0, 0.05) is 12.1 Å². The highest BCUT2D eigenvalue weighted by Crippen LogP contribution is 2.19. The van der Waals surface area contributed by atoms with Crippen LogP contribution < -0.4 is 18.9 Å². The quantitative estimate of drug-likeness (QED) is 0.0538. The summed E-state index contributed by atoms with van der Waals surface area (Å²) < 4.78 is 45.2. The maximum Gasteiger partial charge on any atom is 0.330 e. The maximum absolute atomic E-state index is 11.7. The number of aliphatic hydroxyl groups excluding tert-OH is 1. The van der Waals surface area contributed by atoms with Crippen LogP contribution in [0.4, 0.5) is 0 Å². The minimum atomic E-state index is -1.13. The summed E-state index contributed by atoms with van der Waals surface area (Å²) in [5.74, 6) is 2.03. The van der Waals surface area contributed by atoms with Crippen LogP contribution >= 0.6 is 0 Å². The normalized spacial score (nSPS) is 12.8. The Kier molecular flexibility index (Phi) is 15.9. The molecule has 0 heterocycles. The molecule has 0 spiro atoms. The average molecular weight is 609 g/mol. The van der Waals surface area contributed by atoms with E-state index in [2.05, 4.69) is 13.2 Å². The Morgan fingerprint density at radius 2 is 1.14 bits per heavy atom. The molecule has 0 bridgehead atoms. The number of para-hydroxylation sites is 2. The van der Waals surface area contributed by atoms with Crippen LogP contribution in [0.5, 0.6) is 23.0 Å². The van der Waals surface area contributed by atoms with E-state index in [0.29, 0.717) is 36.2 Å². The largest absolute Gasteiger partial charge is 0.491 e. The number of carbonyl (C=O) groups excluding carboxylic acids is 1. The molecule has 1 N–H and O–H groups in total. The van der Waals surface area contributed by atoms with Gasteiger partial charge in [-0.3, -0.25) is 0 Å². The number of ether oxygens (including phenoxy) is 8. The minimum Gasteiger partial charge on any atom is -0.491 e. The standard InChI is InChI=1S/C34H40O10/c1-3-33(35)43-31(25-41-27-12-7-5-8-13-27)23-37-18-20-39-29-16-11-17-30(22-29)40-21-19-38-24-32(44-34(36)4-2)26-42-28-14-9-6-10-15-28/h3-17,22,31-33,35H,1-2,18-21,23-26H2. The van der Waals surface area contributed by atoms with Crippen LogP contribution in [-0.2, 0) is 23.7 Å². The Hall–Kier alpha value is -4.35. The molecule has 0 saturated heterocycles. The summed E-state index contributed by atoms with van der Waals surface area (Å²) in [6.07, 6.45) is 0.146. The van der Waals surface area contributed by atoms with Gasteiger partial charge in [-0.2, -0.15) is 0 Å². The van der Waals surface area contributed by atoms with Crippen molar-refractivity contribution in [2.24, 2.45) is 0 Å². The van der Waals surface area contributed by atoms with Gasteiger partial charge in [0.25, 0.3) is 0 Å². The molecule has 3 unspecified atom stereocenters. The number of carbonyl (C=O) groups is 1. The first-order valence-electron chi connectivity index (χ1n) is 14.2. The van der Waals surface area contributed by atoms with E-state index in [-0.39, 0.29) is 39.6 Å². The van der Waals surface area contributed by atoms with Gasteiger partial charge >= 0.3 is 5.97 Å². The molecule has 0 aliphatic rings. The van der Waals surface area contributed by atoms with Crippen LogP contribution in [-0.4, -0.2) is 82.4 Å². The van der Waals surface area contributed by atoms with E-state index in [1.165, 1.54) is 6.08 Å². The van der Waals surface area contributed by atoms with Gasteiger partial charge in [-0.05, 0) is 42.5 Å². The number of hydrogen-bond donors (Lipinski definition) is 1. The molecule has 10 heteroatoms. The molecular weight excluding hydrogens is 568 g/mol. The average Bonchev–Trinajstić information content (AvgIpc) is 3.06. The van der Waals surface area contributed by atoms with E-state index in [1.54, 1.807) is 6.07 Å². The Balaban J connectivity index is 1.33. The SMILES string of the molecule is C=CC(=O)OC(COCCOc1cccc(OCCOCC(COc2ccccc2)OC(O)C=C)c1)COc1ccccc1. The zero-order valence-corrected chi connectivity index (χ0v) is 24.7. The maximum atomic E-state index is 11.7. The summed E-state index contributed by atoms with van der Waals surface area (Å²) >= 11 is 0. The number of benzene rings is 3. The van der Waals surface area contributed by atoms with Gasteiger partial charge in [-0.1, -0.05) is 55.6 Å². The highest BCUT2D eigenvalue weighted by Gasteiger charge is 2.16. The molecule has 0 aliphatic carbocycles. The van der Waals surface area contributed by atoms with Crippen LogP contribution in [0.15, 0.2) is 110 Å². The first-order valence-corrected chi connectivity index (χ1v) is 14.2. The molecule has 3 rings (SSSR count). The molecular formula is C34H40O10. The summed E-state index contributed by atoms with van der Waals surface area (Å²) in [6.45, 7) is 8.74. The molecule has 3 aromatic carbocycles. The summed E-state index contributed by atoms with van der Waals surface area (Å²) in [5, 5.41) is 9.80. The summed E-state index contributed by atoms with van der Waals surface area (Å²) in [4.78, 5) is 11.7. The Labute approximate surface area is 258 Å². The highest BCUT2D eigenvalue weighted by molar-refractivity contribution is 5.81. The Morgan fingerprint density at radius 3 is 1.66 bits per heavy atom. The molecule has 3 aromatic rings. The topological polar surface area (TPSA) is 111 Å². The molecule has 0 saturated carbocycles. The molecule has 0 radical (unpaired) electrons. The van der Waals surface area contributed by atoms with E-state index in [1.807, 2.05) is 78.9 Å². The number of aliphatic hydroxyl groups is 1. The van der Waals surface area contributed by atoms with E-state index in [4.69, 9.17) is 37.9 Å². The number of esters is 1. The fourth-order valence-corrected chi connectivity index (χ4v) is 3.64. The second kappa shape index (κ2) is 20.5. The van der Waals surface area contributed by atoms with Crippen molar-refractivity contribution in [3.63, 3.8) is 0 Å². The molecule has 3 atom stereocenters. The highest BCUT2D eigenvalue weighted by atomic mass is 16.6. The van der Waals surface area contributed by atoms with Crippen LogP contribution in [0.25, 0.3) is 0 Å². The third-order valence-electron chi connectivity index (χ3n) is 5.75. The van der Waals surface area contributed by atoms with Crippen LogP contribution in [0, 0.1) is 0 Å². The van der Waals surface area contributed by atoms with Crippen LogP contribution in [0.2, 0.25) is 0 Å².